The molecule has 1 N–H and O–H groups in total. The van der Waals surface area contributed by atoms with E-state index in [9.17, 15) is 0 Å². The van der Waals surface area contributed by atoms with Crippen LogP contribution in [0.5, 0.6) is 11.5 Å². The average molecular weight is 320 g/mol. The molecule has 0 unspecified atom stereocenters. The molecule has 0 amide bonds. The summed E-state index contributed by atoms with van der Waals surface area (Å²) < 4.78 is 16.2. The van der Waals surface area contributed by atoms with Crippen LogP contribution < -0.4 is 14.8 Å². The van der Waals surface area contributed by atoms with Gasteiger partial charge in [0.25, 0.3) is 0 Å². The van der Waals surface area contributed by atoms with Gasteiger partial charge in [-0.3, -0.25) is 0 Å². The van der Waals surface area contributed by atoms with E-state index in [2.05, 4.69) is 10.3 Å². The van der Waals surface area contributed by atoms with Crippen LogP contribution >= 0.6 is 11.3 Å². The van der Waals surface area contributed by atoms with E-state index < -0.39 is 0 Å². The van der Waals surface area contributed by atoms with Crippen LogP contribution in [-0.4, -0.2) is 38.5 Å². The van der Waals surface area contributed by atoms with Crippen molar-refractivity contribution >= 4 is 16.5 Å². The maximum Gasteiger partial charge on any atom is 0.183 e. The van der Waals surface area contributed by atoms with E-state index in [1.165, 1.54) is 0 Å². The molecule has 1 aromatic carbocycles. The van der Waals surface area contributed by atoms with Crippen LogP contribution in [0.2, 0.25) is 0 Å². The normalized spacial score (nSPS) is 17.5. The van der Waals surface area contributed by atoms with Gasteiger partial charge in [0.2, 0.25) is 0 Å². The molecule has 0 spiro atoms. The minimum atomic E-state index is 0.313. The summed E-state index contributed by atoms with van der Waals surface area (Å²) in [5.41, 5.74) is 1.94. The lowest BCUT2D eigenvalue weighted by Gasteiger charge is -2.09. The Bertz CT molecular complexity index is 624. The number of hydrogen-bond acceptors (Lipinski definition) is 6. The van der Waals surface area contributed by atoms with Gasteiger partial charge in [-0.25, -0.2) is 4.98 Å². The first-order valence-electron chi connectivity index (χ1n) is 7.33. The van der Waals surface area contributed by atoms with Crippen molar-refractivity contribution in [2.75, 3.05) is 32.7 Å². The standard InChI is InChI=1S/C16H20N2O3S/c1-19-14-6-5-11(8-15(14)20-2)13-10-22-16(18-13)17-9-12-4-3-7-21-12/h5-6,8,10,12H,3-4,7,9H2,1-2H3,(H,17,18)/t12-/m1/s1. The second-order valence-electron chi connectivity index (χ2n) is 5.12. The Morgan fingerprint density at radius 1 is 1.32 bits per heavy atom. The molecule has 3 rings (SSSR count). The molecule has 5 nitrogen and oxygen atoms in total. The van der Waals surface area contributed by atoms with Crippen molar-refractivity contribution in [3.05, 3.63) is 23.6 Å². The summed E-state index contributed by atoms with van der Waals surface area (Å²) in [6.07, 6.45) is 2.59. The van der Waals surface area contributed by atoms with Gasteiger partial charge in [0.05, 0.1) is 26.0 Å². The second-order valence-corrected chi connectivity index (χ2v) is 5.98. The van der Waals surface area contributed by atoms with E-state index in [0.29, 0.717) is 11.9 Å². The van der Waals surface area contributed by atoms with Crippen molar-refractivity contribution in [2.45, 2.75) is 18.9 Å². The lowest BCUT2D eigenvalue weighted by molar-refractivity contribution is 0.120. The fourth-order valence-corrected chi connectivity index (χ4v) is 3.22. The van der Waals surface area contributed by atoms with Crippen molar-refractivity contribution in [3.8, 4) is 22.8 Å². The number of hydrogen-bond donors (Lipinski definition) is 1. The lowest BCUT2D eigenvalue weighted by atomic mass is 10.1. The Kier molecular flexibility index (Phi) is 4.80. The van der Waals surface area contributed by atoms with Crippen molar-refractivity contribution in [1.29, 1.82) is 0 Å². The van der Waals surface area contributed by atoms with E-state index in [-0.39, 0.29) is 0 Å². The van der Waals surface area contributed by atoms with Crippen LogP contribution in [0.3, 0.4) is 0 Å². The Morgan fingerprint density at radius 2 is 2.18 bits per heavy atom. The maximum absolute atomic E-state index is 5.61. The summed E-state index contributed by atoms with van der Waals surface area (Å²) in [7, 11) is 3.27. The zero-order chi connectivity index (χ0) is 15.4. The molecule has 6 heteroatoms. The number of rotatable bonds is 6. The summed E-state index contributed by atoms with van der Waals surface area (Å²) in [6, 6.07) is 5.82. The zero-order valence-electron chi connectivity index (χ0n) is 12.8. The number of ether oxygens (including phenoxy) is 3. The molecule has 1 saturated heterocycles. The molecule has 0 radical (unpaired) electrons. The minimum absolute atomic E-state index is 0.313. The molecule has 1 fully saturated rings. The number of methoxy groups -OCH3 is 2. The molecule has 0 bridgehead atoms. The van der Waals surface area contributed by atoms with Gasteiger partial charge in [0.1, 0.15) is 0 Å². The fourth-order valence-electron chi connectivity index (χ4n) is 2.49. The van der Waals surface area contributed by atoms with Gasteiger partial charge in [-0.2, -0.15) is 0 Å². The van der Waals surface area contributed by atoms with Crippen LogP contribution in [0.1, 0.15) is 12.8 Å². The molecule has 0 aliphatic carbocycles. The number of nitrogens with one attached hydrogen (secondary N) is 1. The maximum atomic E-state index is 5.61. The summed E-state index contributed by atoms with van der Waals surface area (Å²) in [5, 5.41) is 6.31. The summed E-state index contributed by atoms with van der Waals surface area (Å²) in [6.45, 7) is 1.69. The van der Waals surface area contributed by atoms with Gasteiger partial charge in [0.15, 0.2) is 16.6 Å². The molecule has 1 aliphatic heterocycles. The van der Waals surface area contributed by atoms with E-state index >= 15 is 0 Å². The second kappa shape index (κ2) is 6.98. The van der Waals surface area contributed by atoms with Gasteiger partial charge in [-0.05, 0) is 31.0 Å². The smallest absolute Gasteiger partial charge is 0.183 e. The summed E-state index contributed by atoms with van der Waals surface area (Å²) >= 11 is 1.60. The fraction of sp³-hybridized carbons (Fsp3) is 0.438. The van der Waals surface area contributed by atoms with Crippen LogP contribution in [-0.2, 0) is 4.74 Å². The third kappa shape index (κ3) is 3.34. The highest BCUT2D eigenvalue weighted by molar-refractivity contribution is 7.14. The third-order valence-corrected chi connectivity index (χ3v) is 4.49. The van der Waals surface area contributed by atoms with Crippen molar-refractivity contribution < 1.29 is 14.2 Å². The number of aromatic nitrogens is 1. The predicted octanol–water partition coefficient (Wildman–Crippen LogP) is 3.42. The first kappa shape index (κ1) is 15.1. The molecule has 2 heterocycles. The van der Waals surface area contributed by atoms with Crippen molar-refractivity contribution in [1.82, 2.24) is 4.98 Å². The Hall–Kier alpha value is -1.79. The number of anilines is 1. The van der Waals surface area contributed by atoms with E-state index in [0.717, 1.165) is 48.1 Å². The Labute approximate surface area is 134 Å². The van der Waals surface area contributed by atoms with Gasteiger partial charge < -0.3 is 19.5 Å². The minimum Gasteiger partial charge on any atom is -0.493 e. The highest BCUT2D eigenvalue weighted by atomic mass is 32.1. The van der Waals surface area contributed by atoms with Gasteiger partial charge in [-0.1, -0.05) is 0 Å². The third-order valence-electron chi connectivity index (χ3n) is 3.69. The van der Waals surface area contributed by atoms with Crippen LogP contribution in [0, 0.1) is 0 Å². The summed E-state index contributed by atoms with van der Waals surface area (Å²) in [4.78, 5) is 4.63. The van der Waals surface area contributed by atoms with Crippen molar-refractivity contribution in [3.63, 3.8) is 0 Å². The Balaban J connectivity index is 1.70. The molecular formula is C16H20N2O3S. The molecule has 2 aromatic rings. The predicted molar refractivity (Wildman–Crippen MR) is 88.1 cm³/mol. The van der Waals surface area contributed by atoms with Crippen LogP contribution in [0.25, 0.3) is 11.3 Å². The highest BCUT2D eigenvalue weighted by Gasteiger charge is 2.16. The average Bonchev–Trinajstić information content (AvgIpc) is 3.23. The summed E-state index contributed by atoms with van der Waals surface area (Å²) in [5.74, 6) is 1.43. The monoisotopic (exact) mass is 320 g/mol. The molecule has 1 atom stereocenters. The molecular weight excluding hydrogens is 300 g/mol. The van der Waals surface area contributed by atoms with E-state index in [1.807, 2.05) is 23.6 Å². The van der Waals surface area contributed by atoms with Crippen LogP contribution in [0.15, 0.2) is 23.6 Å². The molecule has 0 saturated carbocycles. The number of thiazole rings is 1. The SMILES string of the molecule is COc1ccc(-c2csc(NC[C@H]3CCCO3)n2)cc1OC. The first-order valence-corrected chi connectivity index (χ1v) is 8.21. The highest BCUT2D eigenvalue weighted by Crippen LogP contribution is 2.33. The van der Waals surface area contributed by atoms with E-state index in [4.69, 9.17) is 14.2 Å². The number of benzene rings is 1. The zero-order valence-corrected chi connectivity index (χ0v) is 13.6. The molecule has 1 aliphatic rings. The largest absolute Gasteiger partial charge is 0.493 e. The molecule has 22 heavy (non-hydrogen) atoms. The quantitative estimate of drug-likeness (QED) is 0.884. The lowest BCUT2D eigenvalue weighted by Crippen LogP contribution is -2.18. The van der Waals surface area contributed by atoms with E-state index in [1.54, 1.807) is 25.6 Å². The number of nitrogens with zero attached hydrogens (tertiary/aromatic N) is 1. The van der Waals surface area contributed by atoms with Crippen LogP contribution in [0.4, 0.5) is 5.13 Å². The van der Waals surface area contributed by atoms with Gasteiger partial charge in [0, 0.05) is 24.1 Å². The van der Waals surface area contributed by atoms with Crippen molar-refractivity contribution in [2.24, 2.45) is 0 Å². The van der Waals surface area contributed by atoms with Gasteiger partial charge >= 0.3 is 0 Å². The van der Waals surface area contributed by atoms with Gasteiger partial charge in [-0.15, -0.1) is 11.3 Å². The molecule has 1 aromatic heterocycles. The Morgan fingerprint density at radius 3 is 2.91 bits per heavy atom. The molecule has 118 valence electrons. The topological polar surface area (TPSA) is 52.6 Å². The first-order chi connectivity index (χ1) is 10.8.